The third-order valence-electron chi connectivity index (χ3n) is 4.39. The second-order valence-corrected chi connectivity index (χ2v) is 5.54. The summed E-state index contributed by atoms with van der Waals surface area (Å²) in [4.78, 5) is 0. The van der Waals surface area contributed by atoms with Gasteiger partial charge in [0.2, 0.25) is 0 Å². The predicted molar refractivity (Wildman–Crippen MR) is 98.1 cm³/mol. The van der Waals surface area contributed by atoms with Gasteiger partial charge in [-0.2, -0.15) is 0 Å². The van der Waals surface area contributed by atoms with Gasteiger partial charge in [-0.3, -0.25) is 0 Å². The highest BCUT2D eigenvalue weighted by Crippen LogP contribution is 2.39. The van der Waals surface area contributed by atoms with Crippen molar-refractivity contribution in [2.45, 2.75) is 0 Å². The van der Waals surface area contributed by atoms with E-state index >= 15 is 0 Å². The van der Waals surface area contributed by atoms with Crippen LogP contribution < -0.4 is 0 Å². The highest BCUT2D eigenvalue weighted by Gasteiger charge is 2.11. The molecule has 0 fully saturated rings. The Balaban J connectivity index is 0.000000421. The van der Waals surface area contributed by atoms with E-state index in [4.69, 9.17) is 10.8 Å². The van der Waals surface area contributed by atoms with E-state index in [2.05, 4.69) is 72.8 Å². The minimum Gasteiger partial charge on any atom is -0.242 e. The number of rotatable bonds is 0. The van der Waals surface area contributed by atoms with Crippen LogP contribution in [-0.4, -0.2) is 6.01 Å². The van der Waals surface area contributed by atoms with Crippen molar-refractivity contribution in [2.75, 3.05) is 0 Å². The van der Waals surface area contributed by atoms with Crippen LogP contribution >= 0.6 is 0 Å². The van der Waals surface area contributed by atoms with Crippen molar-refractivity contribution in [3.8, 4) is 0 Å². The molecular weight excluding hydrogens is 280 g/mol. The van der Waals surface area contributed by atoms with E-state index in [9.17, 15) is 0 Å². The summed E-state index contributed by atoms with van der Waals surface area (Å²) < 4.78 is 0. The van der Waals surface area contributed by atoms with Gasteiger partial charge in [-0.25, -0.2) is 10.8 Å². The van der Waals surface area contributed by atoms with Crippen LogP contribution in [0.1, 0.15) is 0 Å². The molecule has 0 aromatic heterocycles. The zero-order valence-corrected chi connectivity index (χ0v) is 12.4. The first-order chi connectivity index (χ1) is 11.3. The van der Waals surface area contributed by atoms with E-state index in [1.807, 2.05) is 0 Å². The summed E-state index contributed by atoms with van der Waals surface area (Å²) in [6.45, 7) is 0. The molecule has 5 aromatic rings. The molecule has 0 bridgehead atoms. The molecule has 2 heteroatoms. The summed E-state index contributed by atoms with van der Waals surface area (Å²) in [5, 5.41) is 22.1. The maximum atomic E-state index is 5.62. The molecule has 0 aliphatic rings. The summed E-state index contributed by atoms with van der Waals surface area (Å²) in [6.07, 6.45) is 0. The molecule has 108 valence electrons. The van der Waals surface area contributed by atoms with Crippen molar-refractivity contribution < 1.29 is 0 Å². The van der Waals surface area contributed by atoms with Crippen LogP contribution in [0.25, 0.3) is 43.1 Å². The minimum atomic E-state index is 1.25. The summed E-state index contributed by atoms with van der Waals surface area (Å²) in [6, 6.07) is 27.7. The molecule has 2 nitrogen and oxygen atoms in total. The van der Waals surface area contributed by atoms with Gasteiger partial charge < -0.3 is 0 Å². The molecule has 0 unspecified atom stereocenters. The van der Waals surface area contributed by atoms with Gasteiger partial charge in [-0.15, -0.1) is 0 Å². The molecule has 2 N–H and O–H groups in total. The van der Waals surface area contributed by atoms with Crippen LogP contribution in [0.2, 0.25) is 0 Å². The Morgan fingerprint density at radius 3 is 1.00 bits per heavy atom. The van der Waals surface area contributed by atoms with Crippen LogP contribution in [0.4, 0.5) is 0 Å². The van der Waals surface area contributed by atoms with Crippen molar-refractivity contribution in [2.24, 2.45) is 0 Å². The first-order valence-electron chi connectivity index (χ1n) is 7.48. The Labute approximate surface area is 133 Å². The van der Waals surface area contributed by atoms with Crippen molar-refractivity contribution in [1.29, 1.82) is 10.8 Å². The van der Waals surface area contributed by atoms with Crippen molar-refractivity contribution in [3.05, 3.63) is 72.8 Å². The van der Waals surface area contributed by atoms with Crippen molar-refractivity contribution in [1.82, 2.24) is 0 Å². The second kappa shape index (κ2) is 5.20. The Bertz CT molecular complexity index is 1010. The van der Waals surface area contributed by atoms with E-state index in [1.165, 1.54) is 49.1 Å². The fourth-order valence-electron chi connectivity index (χ4n) is 3.58. The van der Waals surface area contributed by atoms with Gasteiger partial charge in [0.15, 0.2) is 0 Å². The highest BCUT2D eigenvalue weighted by atomic mass is 14.4. The van der Waals surface area contributed by atoms with Crippen molar-refractivity contribution in [3.63, 3.8) is 0 Å². The van der Waals surface area contributed by atoms with Gasteiger partial charge in [-0.05, 0) is 43.1 Å². The molecule has 0 radical (unpaired) electrons. The Kier molecular flexibility index (Phi) is 3.04. The molecule has 0 saturated carbocycles. The highest BCUT2D eigenvalue weighted by molar-refractivity contribution is 6.32. The van der Waals surface area contributed by atoms with Crippen LogP contribution in [0.5, 0.6) is 0 Å². The lowest BCUT2D eigenvalue weighted by molar-refractivity contribution is 1.47. The smallest absolute Gasteiger partial charge is 0.0831 e. The van der Waals surface area contributed by atoms with E-state index < -0.39 is 0 Å². The lowest BCUT2D eigenvalue weighted by Crippen LogP contribution is -1.85. The number of benzene rings is 5. The van der Waals surface area contributed by atoms with Crippen LogP contribution in [0, 0.1) is 10.8 Å². The van der Waals surface area contributed by atoms with Gasteiger partial charge in [-0.1, -0.05) is 72.8 Å². The van der Waals surface area contributed by atoms with Gasteiger partial charge in [0.1, 0.15) is 0 Å². The fraction of sp³-hybridized carbons (Fsp3) is 0. The number of nitrogens with one attached hydrogen (secondary N) is 2. The minimum absolute atomic E-state index is 1.25. The Morgan fingerprint density at radius 2 is 0.739 bits per heavy atom. The molecule has 5 rings (SSSR count). The molecule has 23 heavy (non-hydrogen) atoms. The summed E-state index contributed by atoms with van der Waals surface area (Å²) >= 11 is 0. The van der Waals surface area contributed by atoms with Gasteiger partial charge in [0.25, 0.3) is 0 Å². The Morgan fingerprint density at radius 1 is 0.478 bits per heavy atom. The molecule has 5 aromatic carbocycles. The summed E-state index contributed by atoms with van der Waals surface area (Å²) in [5.41, 5.74) is 0. The lowest BCUT2D eigenvalue weighted by Gasteiger charge is -2.13. The zero-order valence-electron chi connectivity index (χ0n) is 12.4. The zero-order chi connectivity index (χ0) is 15.8. The number of hydrogen-bond acceptors (Lipinski definition) is 2. The van der Waals surface area contributed by atoms with Gasteiger partial charge >= 0.3 is 0 Å². The van der Waals surface area contributed by atoms with Crippen LogP contribution in [0.3, 0.4) is 0 Å². The number of fused-ring (bicyclic) bond motifs is 2. The maximum Gasteiger partial charge on any atom is 0.0831 e. The normalized spacial score (nSPS) is 10.8. The monoisotopic (exact) mass is 294 g/mol. The molecule has 0 spiro atoms. The molecule has 0 saturated heterocycles. The first kappa shape index (κ1) is 13.4. The van der Waals surface area contributed by atoms with E-state index in [0.29, 0.717) is 0 Å². The second-order valence-electron chi connectivity index (χ2n) is 5.54. The third kappa shape index (κ3) is 1.90. The Hall–Kier alpha value is -3.22. The average molecular weight is 294 g/mol. The van der Waals surface area contributed by atoms with Crippen molar-refractivity contribution >= 4 is 49.1 Å². The van der Waals surface area contributed by atoms with E-state index in [0.717, 1.165) is 0 Å². The van der Waals surface area contributed by atoms with Crippen LogP contribution in [-0.2, 0) is 0 Å². The molecule has 0 atom stereocenters. The largest absolute Gasteiger partial charge is 0.242 e. The first-order valence-corrected chi connectivity index (χ1v) is 7.48. The van der Waals surface area contributed by atoms with Gasteiger partial charge in [0, 0.05) is 0 Å². The van der Waals surface area contributed by atoms with E-state index in [1.54, 1.807) is 0 Å². The molecular formula is C21H14N2. The predicted octanol–water partition coefficient (Wildman–Crippen LogP) is 6.06. The molecule has 0 heterocycles. The van der Waals surface area contributed by atoms with E-state index in [-0.39, 0.29) is 0 Å². The quantitative estimate of drug-likeness (QED) is 0.198. The number of hydrogen-bond donors (Lipinski definition) is 2. The molecule has 0 amide bonds. The standard InChI is InChI=1S/C20H12.CH2N2/c1-5-13-6-2-11-17-18-12-4-8-14-7-3-10-16(20(14)18)15(9-1)19(13)17;2-1-3/h1-12H;2-3H. The maximum absolute atomic E-state index is 5.62. The average Bonchev–Trinajstić information content (AvgIpc) is 2.60. The molecule has 0 aliphatic carbocycles. The topological polar surface area (TPSA) is 47.7 Å². The summed E-state index contributed by atoms with van der Waals surface area (Å²) in [5.74, 6) is 0. The molecule has 0 aliphatic heterocycles. The third-order valence-corrected chi connectivity index (χ3v) is 4.39. The van der Waals surface area contributed by atoms with Gasteiger partial charge in [0.05, 0.1) is 6.01 Å². The SMILES string of the molecule is N=C=N.c1cc2cccc3c4cccc5cccc(c(c1)c23)c54. The summed E-state index contributed by atoms with van der Waals surface area (Å²) in [7, 11) is 0. The fourth-order valence-corrected chi connectivity index (χ4v) is 3.58. The van der Waals surface area contributed by atoms with Crippen LogP contribution in [0.15, 0.2) is 72.8 Å². The lowest BCUT2D eigenvalue weighted by atomic mass is 9.90.